The second-order valence-electron chi connectivity index (χ2n) is 6.43. The van der Waals surface area contributed by atoms with Gasteiger partial charge in [0, 0.05) is 25.5 Å². The van der Waals surface area contributed by atoms with Crippen molar-refractivity contribution < 1.29 is 8.42 Å². The van der Waals surface area contributed by atoms with E-state index in [1.165, 1.54) is 12.6 Å². The molecule has 0 amide bonds. The number of pyridine rings is 1. The maximum absolute atomic E-state index is 12.7. The molecule has 2 aliphatic rings. The Morgan fingerprint density at radius 3 is 2.62 bits per heavy atom. The molecule has 1 saturated carbocycles. The van der Waals surface area contributed by atoms with E-state index in [1.807, 2.05) is 6.07 Å². The first-order valence-electron chi connectivity index (χ1n) is 8.39. The minimum Gasteiger partial charge on any atom is -0.370 e. The summed E-state index contributed by atoms with van der Waals surface area (Å²) in [5.74, 6) is 0. The summed E-state index contributed by atoms with van der Waals surface area (Å²) < 4.78 is 29.9. The molecule has 1 saturated heterocycles. The van der Waals surface area contributed by atoms with Gasteiger partial charge in [-0.05, 0) is 38.2 Å². The maximum atomic E-state index is 12.7. The van der Waals surface area contributed by atoms with Crippen LogP contribution in [0.4, 0.5) is 11.4 Å². The van der Waals surface area contributed by atoms with Gasteiger partial charge in [-0.15, -0.1) is 0 Å². The molecule has 128 valence electrons. The fraction of sp³-hybridized carbons (Fsp3) is 0.500. The second kappa shape index (κ2) is 6.08. The molecule has 1 aliphatic heterocycles. The van der Waals surface area contributed by atoms with E-state index in [2.05, 4.69) is 19.7 Å². The third kappa shape index (κ3) is 2.86. The van der Waals surface area contributed by atoms with Crippen molar-refractivity contribution in [2.45, 2.75) is 43.0 Å². The van der Waals surface area contributed by atoms with Crippen molar-refractivity contribution >= 4 is 21.4 Å². The zero-order valence-corrected chi connectivity index (χ0v) is 14.2. The maximum Gasteiger partial charge on any atom is 0.265 e. The summed E-state index contributed by atoms with van der Waals surface area (Å²) in [5, 5.41) is 4.22. The summed E-state index contributed by atoms with van der Waals surface area (Å²) in [6.45, 7) is 1.89. The molecule has 0 unspecified atom stereocenters. The van der Waals surface area contributed by atoms with Crippen LogP contribution >= 0.6 is 0 Å². The minimum absolute atomic E-state index is 0.200. The van der Waals surface area contributed by atoms with Crippen molar-refractivity contribution in [2.75, 3.05) is 22.7 Å². The Bertz CT molecular complexity index is 822. The van der Waals surface area contributed by atoms with Crippen molar-refractivity contribution in [3.8, 4) is 0 Å². The Morgan fingerprint density at radius 2 is 1.92 bits per heavy atom. The Kier molecular flexibility index (Phi) is 3.91. The second-order valence-corrected chi connectivity index (χ2v) is 8.12. The van der Waals surface area contributed by atoms with E-state index in [1.54, 1.807) is 23.3 Å². The van der Waals surface area contributed by atoms with Crippen LogP contribution in [0.25, 0.3) is 0 Å². The average Bonchev–Trinajstić information content (AvgIpc) is 3.17. The lowest BCUT2D eigenvalue weighted by Crippen LogP contribution is -2.21. The molecule has 7 nitrogen and oxygen atoms in total. The Morgan fingerprint density at radius 1 is 1.12 bits per heavy atom. The molecule has 1 N–H and O–H groups in total. The van der Waals surface area contributed by atoms with Crippen LogP contribution in [0.3, 0.4) is 0 Å². The summed E-state index contributed by atoms with van der Waals surface area (Å²) in [5.41, 5.74) is 1.41. The van der Waals surface area contributed by atoms with Gasteiger partial charge in [-0.3, -0.25) is 14.4 Å². The highest BCUT2D eigenvalue weighted by atomic mass is 32.2. The third-order valence-corrected chi connectivity index (χ3v) is 6.15. The van der Waals surface area contributed by atoms with Gasteiger partial charge >= 0.3 is 0 Å². The lowest BCUT2D eigenvalue weighted by molar-refractivity contribution is 0.289. The fourth-order valence-corrected chi connectivity index (χ4v) is 4.21. The van der Waals surface area contributed by atoms with Crippen molar-refractivity contribution in [1.29, 1.82) is 0 Å². The quantitative estimate of drug-likeness (QED) is 0.898. The Balaban J connectivity index is 1.58. The predicted molar refractivity (Wildman–Crippen MR) is 91.6 cm³/mol. The van der Waals surface area contributed by atoms with Crippen LogP contribution in [0.1, 0.15) is 38.1 Å². The van der Waals surface area contributed by atoms with E-state index in [4.69, 9.17) is 0 Å². The zero-order chi connectivity index (χ0) is 16.6. The molecule has 24 heavy (non-hydrogen) atoms. The first-order valence-corrected chi connectivity index (χ1v) is 9.88. The van der Waals surface area contributed by atoms with Crippen molar-refractivity contribution in [3.05, 3.63) is 30.9 Å². The Labute approximate surface area is 141 Å². The summed E-state index contributed by atoms with van der Waals surface area (Å²) in [7, 11) is -3.66. The molecular weight excluding hydrogens is 326 g/mol. The number of nitrogens with one attached hydrogen (secondary N) is 1. The summed E-state index contributed by atoms with van der Waals surface area (Å²) in [4.78, 5) is 6.47. The molecule has 2 aromatic heterocycles. The first-order chi connectivity index (χ1) is 11.6. The molecule has 8 heteroatoms. The van der Waals surface area contributed by atoms with Crippen LogP contribution in [-0.2, 0) is 10.0 Å². The average molecular weight is 347 g/mol. The van der Waals surface area contributed by atoms with Crippen LogP contribution in [0.5, 0.6) is 0 Å². The lowest BCUT2D eigenvalue weighted by Gasteiger charge is -2.25. The highest BCUT2D eigenvalue weighted by Crippen LogP contribution is 2.32. The van der Waals surface area contributed by atoms with Gasteiger partial charge in [-0.25, -0.2) is 8.42 Å². The highest BCUT2D eigenvalue weighted by Gasteiger charge is 2.25. The van der Waals surface area contributed by atoms with Gasteiger partial charge in [0.2, 0.25) is 0 Å². The van der Waals surface area contributed by atoms with E-state index in [-0.39, 0.29) is 4.90 Å². The normalized spacial score (nSPS) is 18.6. The fourth-order valence-electron chi connectivity index (χ4n) is 3.21. The molecule has 0 radical (unpaired) electrons. The standard InChI is InChI=1S/C16H21N5O2S/c22-24(23,14-10-18-21(12-14)13-4-3-5-13)19-15-11-17-7-6-16(15)20-8-1-2-9-20/h6-7,10-13,19H,1-5,8-9H2. The molecule has 4 rings (SSSR count). The van der Waals surface area contributed by atoms with Crippen LogP contribution in [-0.4, -0.2) is 36.3 Å². The third-order valence-electron chi connectivity index (χ3n) is 4.83. The molecule has 2 fully saturated rings. The topological polar surface area (TPSA) is 80.1 Å². The number of nitrogens with zero attached hydrogens (tertiary/aromatic N) is 4. The van der Waals surface area contributed by atoms with E-state index in [0.717, 1.165) is 44.5 Å². The van der Waals surface area contributed by atoms with Crippen LogP contribution in [0.2, 0.25) is 0 Å². The van der Waals surface area contributed by atoms with Crippen molar-refractivity contribution in [3.63, 3.8) is 0 Å². The summed E-state index contributed by atoms with van der Waals surface area (Å²) in [6.07, 6.45) is 11.9. The van der Waals surface area contributed by atoms with E-state index in [9.17, 15) is 8.42 Å². The number of aromatic nitrogens is 3. The largest absolute Gasteiger partial charge is 0.370 e. The van der Waals surface area contributed by atoms with Crippen molar-refractivity contribution in [2.24, 2.45) is 0 Å². The van der Waals surface area contributed by atoms with Gasteiger partial charge in [-0.1, -0.05) is 0 Å². The van der Waals surface area contributed by atoms with E-state index < -0.39 is 10.0 Å². The Hall–Kier alpha value is -2.09. The number of sulfonamides is 1. The number of hydrogen-bond acceptors (Lipinski definition) is 5. The van der Waals surface area contributed by atoms with Crippen LogP contribution < -0.4 is 9.62 Å². The SMILES string of the molecule is O=S(=O)(Nc1cnccc1N1CCCC1)c1cnn(C2CCC2)c1. The molecular formula is C16H21N5O2S. The molecule has 0 aromatic carbocycles. The minimum atomic E-state index is -3.66. The number of anilines is 2. The molecule has 0 atom stereocenters. The van der Waals surface area contributed by atoms with Gasteiger partial charge in [0.15, 0.2) is 0 Å². The molecule has 2 aromatic rings. The van der Waals surface area contributed by atoms with Crippen molar-refractivity contribution in [1.82, 2.24) is 14.8 Å². The predicted octanol–water partition coefficient (Wildman–Crippen LogP) is 2.40. The van der Waals surface area contributed by atoms with E-state index in [0.29, 0.717) is 11.7 Å². The lowest BCUT2D eigenvalue weighted by atomic mass is 9.93. The summed E-state index contributed by atoms with van der Waals surface area (Å²) in [6, 6.07) is 2.20. The number of rotatable bonds is 5. The van der Waals surface area contributed by atoms with Gasteiger partial charge in [0.1, 0.15) is 4.90 Å². The summed E-state index contributed by atoms with van der Waals surface area (Å²) >= 11 is 0. The molecule has 0 spiro atoms. The van der Waals surface area contributed by atoms with E-state index >= 15 is 0 Å². The zero-order valence-electron chi connectivity index (χ0n) is 13.4. The van der Waals surface area contributed by atoms with Gasteiger partial charge in [0.05, 0.1) is 29.8 Å². The first kappa shape index (κ1) is 15.4. The smallest absolute Gasteiger partial charge is 0.265 e. The van der Waals surface area contributed by atoms with Gasteiger partial charge in [0.25, 0.3) is 10.0 Å². The van der Waals surface area contributed by atoms with Crippen LogP contribution in [0.15, 0.2) is 35.7 Å². The van der Waals surface area contributed by atoms with Gasteiger partial charge < -0.3 is 4.90 Å². The number of hydrogen-bond donors (Lipinski definition) is 1. The molecule has 0 bridgehead atoms. The molecule has 1 aliphatic carbocycles. The van der Waals surface area contributed by atoms with Gasteiger partial charge in [-0.2, -0.15) is 5.10 Å². The van der Waals surface area contributed by atoms with Crippen LogP contribution in [0, 0.1) is 0 Å². The monoisotopic (exact) mass is 347 g/mol. The highest BCUT2D eigenvalue weighted by molar-refractivity contribution is 7.92. The molecule has 3 heterocycles.